The summed E-state index contributed by atoms with van der Waals surface area (Å²) in [7, 11) is 1.59. The fourth-order valence-corrected chi connectivity index (χ4v) is 2.06. The van der Waals surface area contributed by atoms with Crippen molar-refractivity contribution in [2.75, 3.05) is 7.11 Å². The van der Waals surface area contributed by atoms with Gasteiger partial charge in [-0.2, -0.15) is 0 Å². The summed E-state index contributed by atoms with van der Waals surface area (Å²) < 4.78 is 5.43. The molecule has 0 spiro atoms. The highest BCUT2D eigenvalue weighted by atomic mass is 16.5. The highest BCUT2D eigenvalue weighted by molar-refractivity contribution is 5.95. The molecule has 19 heavy (non-hydrogen) atoms. The SMILES string of the molecule is COc1c(-c2cccnc2C(=O)O)ccc(C)c1C. The van der Waals surface area contributed by atoms with E-state index < -0.39 is 5.97 Å². The molecule has 0 radical (unpaired) electrons. The van der Waals surface area contributed by atoms with Gasteiger partial charge in [-0.15, -0.1) is 0 Å². The lowest BCUT2D eigenvalue weighted by Gasteiger charge is -2.14. The number of aryl methyl sites for hydroxylation is 1. The summed E-state index contributed by atoms with van der Waals surface area (Å²) in [4.78, 5) is 15.2. The molecule has 2 rings (SSSR count). The maximum atomic E-state index is 11.2. The number of hydrogen-bond donors (Lipinski definition) is 1. The topological polar surface area (TPSA) is 59.4 Å². The van der Waals surface area contributed by atoms with E-state index in [0.717, 1.165) is 16.7 Å². The predicted octanol–water partition coefficient (Wildman–Crippen LogP) is 3.07. The van der Waals surface area contributed by atoms with E-state index in [0.29, 0.717) is 11.3 Å². The number of aromatic nitrogens is 1. The van der Waals surface area contributed by atoms with Gasteiger partial charge in [0.2, 0.25) is 0 Å². The number of nitrogens with zero attached hydrogens (tertiary/aromatic N) is 1. The molecule has 0 aliphatic heterocycles. The van der Waals surface area contributed by atoms with E-state index in [4.69, 9.17) is 4.74 Å². The minimum atomic E-state index is -1.05. The molecule has 1 aromatic carbocycles. The van der Waals surface area contributed by atoms with Crippen molar-refractivity contribution in [3.63, 3.8) is 0 Å². The smallest absolute Gasteiger partial charge is 0.355 e. The maximum Gasteiger partial charge on any atom is 0.355 e. The van der Waals surface area contributed by atoms with E-state index in [9.17, 15) is 9.90 Å². The van der Waals surface area contributed by atoms with Gasteiger partial charge in [0.15, 0.2) is 5.69 Å². The Morgan fingerprint density at radius 1 is 1.21 bits per heavy atom. The summed E-state index contributed by atoms with van der Waals surface area (Å²) in [5, 5.41) is 9.21. The summed E-state index contributed by atoms with van der Waals surface area (Å²) in [6.07, 6.45) is 1.47. The number of rotatable bonds is 3. The number of pyridine rings is 1. The molecule has 98 valence electrons. The zero-order valence-corrected chi connectivity index (χ0v) is 11.1. The molecule has 1 aromatic heterocycles. The van der Waals surface area contributed by atoms with E-state index in [1.807, 2.05) is 26.0 Å². The van der Waals surface area contributed by atoms with Gasteiger partial charge in [0.25, 0.3) is 0 Å². The van der Waals surface area contributed by atoms with Gasteiger partial charge in [-0.25, -0.2) is 9.78 Å². The van der Waals surface area contributed by atoms with Crippen molar-refractivity contribution in [2.45, 2.75) is 13.8 Å². The Balaban J connectivity index is 2.73. The van der Waals surface area contributed by atoms with Crippen LogP contribution in [0.2, 0.25) is 0 Å². The first-order chi connectivity index (χ1) is 9.06. The molecular weight excluding hydrogens is 242 g/mol. The third-order valence-corrected chi connectivity index (χ3v) is 3.18. The summed E-state index contributed by atoms with van der Waals surface area (Å²) in [6.45, 7) is 3.94. The molecule has 4 nitrogen and oxygen atoms in total. The Labute approximate surface area is 111 Å². The van der Waals surface area contributed by atoms with Gasteiger partial charge in [0.05, 0.1) is 7.11 Å². The summed E-state index contributed by atoms with van der Waals surface area (Å²) >= 11 is 0. The first-order valence-electron chi connectivity index (χ1n) is 5.89. The lowest BCUT2D eigenvalue weighted by Crippen LogP contribution is -2.04. The normalized spacial score (nSPS) is 10.3. The molecule has 1 N–H and O–H groups in total. The van der Waals surface area contributed by atoms with Crippen LogP contribution in [0.1, 0.15) is 21.6 Å². The van der Waals surface area contributed by atoms with Gasteiger partial charge in [0.1, 0.15) is 5.75 Å². The Hall–Kier alpha value is -2.36. The molecule has 0 fully saturated rings. The molecule has 2 aromatic rings. The second-order valence-corrected chi connectivity index (χ2v) is 4.29. The van der Waals surface area contributed by atoms with E-state index in [-0.39, 0.29) is 5.69 Å². The zero-order valence-electron chi connectivity index (χ0n) is 11.1. The fourth-order valence-electron chi connectivity index (χ4n) is 2.06. The summed E-state index contributed by atoms with van der Waals surface area (Å²) in [5.41, 5.74) is 3.44. The van der Waals surface area contributed by atoms with E-state index in [1.165, 1.54) is 6.20 Å². The van der Waals surface area contributed by atoms with Crippen LogP contribution in [0.25, 0.3) is 11.1 Å². The number of carbonyl (C=O) groups is 1. The van der Waals surface area contributed by atoms with Crippen LogP contribution < -0.4 is 4.74 Å². The second-order valence-electron chi connectivity index (χ2n) is 4.29. The van der Waals surface area contributed by atoms with Crippen LogP contribution in [0.15, 0.2) is 30.5 Å². The lowest BCUT2D eigenvalue weighted by molar-refractivity contribution is 0.0691. The lowest BCUT2D eigenvalue weighted by atomic mass is 9.97. The zero-order chi connectivity index (χ0) is 14.0. The van der Waals surface area contributed by atoms with Gasteiger partial charge < -0.3 is 9.84 Å². The number of methoxy groups -OCH3 is 1. The van der Waals surface area contributed by atoms with Crippen molar-refractivity contribution < 1.29 is 14.6 Å². The van der Waals surface area contributed by atoms with Crippen LogP contribution in [0, 0.1) is 13.8 Å². The molecule has 0 saturated heterocycles. The number of aromatic carboxylic acids is 1. The average molecular weight is 257 g/mol. The van der Waals surface area contributed by atoms with Crippen molar-refractivity contribution in [2.24, 2.45) is 0 Å². The number of hydrogen-bond acceptors (Lipinski definition) is 3. The van der Waals surface area contributed by atoms with Crippen LogP contribution >= 0.6 is 0 Å². The van der Waals surface area contributed by atoms with E-state index in [1.54, 1.807) is 19.2 Å². The van der Waals surface area contributed by atoms with Crippen LogP contribution in [-0.4, -0.2) is 23.2 Å². The minimum Gasteiger partial charge on any atom is -0.496 e. The van der Waals surface area contributed by atoms with Gasteiger partial charge >= 0.3 is 5.97 Å². The van der Waals surface area contributed by atoms with Crippen LogP contribution in [0.5, 0.6) is 5.75 Å². The number of carboxylic acids is 1. The quantitative estimate of drug-likeness (QED) is 0.918. The Morgan fingerprint density at radius 3 is 2.58 bits per heavy atom. The third-order valence-electron chi connectivity index (χ3n) is 3.18. The maximum absolute atomic E-state index is 11.2. The summed E-state index contributed by atoms with van der Waals surface area (Å²) in [6, 6.07) is 7.27. The van der Waals surface area contributed by atoms with Crippen molar-refractivity contribution >= 4 is 5.97 Å². The standard InChI is InChI=1S/C15H15NO3/c1-9-6-7-12(14(19-3)10(9)2)11-5-4-8-16-13(11)15(17)18/h4-8H,1-3H3,(H,17,18). The van der Waals surface area contributed by atoms with Crippen molar-refractivity contribution in [3.8, 4) is 16.9 Å². The molecule has 0 bridgehead atoms. The highest BCUT2D eigenvalue weighted by Crippen LogP contribution is 2.35. The predicted molar refractivity (Wildman–Crippen MR) is 72.7 cm³/mol. The molecule has 0 aliphatic carbocycles. The van der Waals surface area contributed by atoms with Crippen LogP contribution in [0.4, 0.5) is 0 Å². The Morgan fingerprint density at radius 2 is 1.95 bits per heavy atom. The van der Waals surface area contributed by atoms with E-state index >= 15 is 0 Å². The Kier molecular flexibility index (Phi) is 3.51. The number of carboxylic acid groups (broad SMARTS) is 1. The van der Waals surface area contributed by atoms with E-state index in [2.05, 4.69) is 4.98 Å². The Bertz CT molecular complexity index is 635. The largest absolute Gasteiger partial charge is 0.496 e. The van der Waals surface area contributed by atoms with Crippen LogP contribution in [0.3, 0.4) is 0 Å². The van der Waals surface area contributed by atoms with Gasteiger partial charge in [-0.3, -0.25) is 0 Å². The summed E-state index contributed by atoms with van der Waals surface area (Å²) in [5.74, 6) is -0.355. The van der Waals surface area contributed by atoms with Crippen LogP contribution in [-0.2, 0) is 0 Å². The van der Waals surface area contributed by atoms with Crippen molar-refractivity contribution in [1.29, 1.82) is 0 Å². The average Bonchev–Trinajstić information content (AvgIpc) is 2.41. The van der Waals surface area contributed by atoms with Gasteiger partial charge in [-0.1, -0.05) is 18.2 Å². The minimum absolute atomic E-state index is 0.0315. The first kappa shape index (κ1) is 13.1. The number of benzene rings is 1. The first-order valence-corrected chi connectivity index (χ1v) is 5.89. The molecule has 0 unspecified atom stereocenters. The molecular formula is C15H15NO3. The molecule has 0 saturated carbocycles. The van der Waals surface area contributed by atoms with Gasteiger partial charge in [-0.05, 0) is 31.0 Å². The fraction of sp³-hybridized carbons (Fsp3) is 0.200. The molecule has 1 heterocycles. The van der Waals surface area contributed by atoms with Crippen molar-refractivity contribution in [3.05, 3.63) is 47.3 Å². The molecule has 0 aliphatic rings. The third kappa shape index (κ3) is 2.29. The second kappa shape index (κ2) is 5.10. The monoisotopic (exact) mass is 257 g/mol. The highest BCUT2D eigenvalue weighted by Gasteiger charge is 2.17. The molecule has 0 amide bonds. The number of ether oxygens (including phenoxy) is 1. The molecule has 0 atom stereocenters. The van der Waals surface area contributed by atoms with Gasteiger partial charge in [0, 0.05) is 17.3 Å². The van der Waals surface area contributed by atoms with Crippen molar-refractivity contribution in [1.82, 2.24) is 4.98 Å². The molecule has 4 heteroatoms.